The first-order valence-electron chi connectivity index (χ1n) is 45.4. The second kappa shape index (κ2) is 70.5. The zero-order chi connectivity index (χ0) is 109. The van der Waals surface area contributed by atoms with Gasteiger partial charge < -0.3 is 105 Å². The van der Waals surface area contributed by atoms with Crippen LogP contribution in [0.4, 0.5) is 23.3 Å². The first kappa shape index (κ1) is 131. The third-order valence-electron chi connectivity index (χ3n) is 20.1. The average Bonchev–Trinajstić information content (AvgIpc) is 1.64. The number of nitrogens with two attached hydrogens (primary N) is 8. The quantitative estimate of drug-likeness (QED) is 0.00249. The van der Waals surface area contributed by atoms with E-state index < -0.39 is 23.8 Å². The summed E-state index contributed by atoms with van der Waals surface area (Å²) in [6, 6.07) is 58.5. The molecule has 6 amide bonds. The van der Waals surface area contributed by atoms with Gasteiger partial charge in [-0.05, 0) is 296 Å². The zero-order valence-electron chi connectivity index (χ0n) is 83.5. The summed E-state index contributed by atoms with van der Waals surface area (Å²) in [5, 5.41) is 38.2. The van der Waals surface area contributed by atoms with Crippen LogP contribution in [0.25, 0.3) is 0 Å². The van der Waals surface area contributed by atoms with E-state index in [4.69, 9.17) is 141 Å². The number of nitrogen functional groups attached to an aromatic ring is 4. The number of rotatable bonds is 28. The van der Waals surface area contributed by atoms with Gasteiger partial charge in [0.1, 0.15) is 28.7 Å². The normalized spacial score (nSPS) is 11.2. The number of unbranched alkanes of at least 4 members (excludes halogenated alkanes) is 5. The van der Waals surface area contributed by atoms with Crippen molar-refractivity contribution >= 4 is 214 Å². The molecule has 46 heteroatoms. The number of fused-ring (bicyclic) bond motifs is 3. The van der Waals surface area contributed by atoms with Crippen molar-refractivity contribution in [3.05, 3.63) is 277 Å². The minimum absolute atomic E-state index is 0. The molecule has 0 fully saturated rings. The lowest BCUT2D eigenvalue weighted by Gasteiger charge is -2.14. The first-order chi connectivity index (χ1) is 69.6. The van der Waals surface area contributed by atoms with Gasteiger partial charge in [-0.3, -0.25) is 54.3 Å². The predicted octanol–water partition coefficient (Wildman–Crippen LogP) is 14.8. The number of guanidine groups is 1. The molecule has 798 valence electrons. The van der Waals surface area contributed by atoms with E-state index >= 15 is 0 Å². The van der Waals surface area contributed by atoms with E-state index in [1.807, 2.05) is 127 Å². The van der Waals surface area contributed by atoms with Gasteiger partial charge in [-0.15, -0.1) is 17.0 Å². The lowest BCUT2D eigenvalue weighted by atomic mass is 10.1. The Morgan fingerprint density at radius 3 is 0.966 bits per heavy atom. The molecule has 13 rings (SSSR count). The molecule has 0 aliphatic carbocycles. The minimum Gasteiger partial charge on any atom is -0.508 e. The number of aliphatic imine (C=N–C) groups is 1. The van der Waals surface area contributed by atoms with E-state index in [0.29, 0.717) is 90.2 Å². The number of nitrogens with one attached hydrogen (secondary N) is 3. The number of carbonyl (C=O) groups is 8. The number of amidine groups is 1. The van der Waals surface area contributed by atoms with Crippen LogP contribution >= 0.6 is 112 Å². The highest BCUT2D eigenvalue weighted by molar-refractivity contribution is 8.93. The number of nitrogens with zero attached hydrogens (tertiary/aromatic N) is 11. The second-order valence-electron chi connectivity index (χ2n) is 31.9. The highest BCUT2D eigenvalue weighted by atomic mass is 79.9. The Morgan fingerprint density at radius 2 is 0.696 bits per heavy atom. The van der Waals surface area contributed by atoms with E-state index in [1.165, 1.54) is 39.1 Å². The van der Waals surface area contributed by atoms with Crippen LogP contribution in [0.3, 0.4) is 0 Å². The monoisotopic (exact) mass is 2250 g/mol. The maximum atomic E-state index is 12.3. The van der Waals surface area contributed by atoms with Crippen LogP contribution in [-0.2, 0) is 36.8 Å². The van der Waals surface area contributed by atoms with Gasteiger partial charge in [0.15, 0.2) is 60.5 Å². The molecule has 0 radical (unpaired) electrons. The van der Waals surface area contributed by atoms with Gasteiger partial charge in [-0.2, -0.15) is 0 Å². The summed E-state index contributed by atoms with van der Waals surface area (Å²) in [4.78, 5) is 123. The van der Waals surface area contributed by atoms with Gasteiger partial charge in [-0.25, -0.2) is 29.5 Å². The number of esters is 2. The van der Waals surface area contributed by atoms with E-state index in [0.717, 1.165) is 140 Å². The fraction of sp³-hybridized carbons (Fsp3) is 0.314. The summed E-state index contributed by atoms with van der Waals surface area (Å²) in [5.41, 5.74) is 51.5. The maximum Gasteiger partial charge on any atom is 0.346 e. The molecule has 3 aliphatic heterocycles. The molecular formula is C102H132BrCl3N22O15S5. The Labute approximate surface area is 915 Å². The van der Waals surface area contributed by atoms with Crippen molar-refractivity contribution in [1.82, 2.24) is 60.0 Å². The summed E-state index contributed by atoms with van der Waals surface area (Å²) in [5.74, 6) is -0.805. The number of thiocarbonyl (C=S) groups is 4. The molecule has 0 saturated heterocycles. The number of thioether (sulfide) groups is 1. The molecular weight excluding hydrogens is 2120 g/mol. The number of aryl methyl sites for hydroxylation is 5. The summed E-state index contributed by atoms with van der Waals surface area (Å²) < 4.78 is 21.3. The Hall–Kier alpha value is -13.3. The van der Waals surface area contributed by atoms with E-state index in [1.54, 1.807) is 137 Å². The topological polar surface area (TPSA) is 574 Å². The molecule has 2 aromatic heterocycles. The third kappa shape index (κ3) is 46.0. The van der Waals surface area contributed by atoms with Gasteiger partial charge in [0.25, 0.3) is 51.0 Å². The number of imide groups is 2. The second-order valence-corrected chi connectivity index (χ2v) is 35.4. The molecule has 37 nitrogen and oxygen atoms in total. The van der Waals surface area contributed by atoms with Crippen LogP contribution in [0.2, 0.25) is 10.3 Å². The van der Waals surface area contributed by atoms with Crippen LogP contribution in [0.5, 0.6) is 28.7 Å². The third-order valence-corrected chi connectivity index (χ3v) is 23.2. The molecule has 10 aromatic rings. The van der Waals surface area contributed by atoms with E-state index in [9.17, 15) is 43.5 Å². The molecule has 5 heterocycles. The van der Waals surface area contributed by atoms with Crippen molar-refractivity contribution in [3.63, 3.8) is 0 Å². The Kier molecular flexibility index (Phi) is 62.3. The number of hydrogen-bond acceptors (Lipinski definition) is 33. The smallest absolute Gasteiger partial charge is 0.346 e. The molecule has 0 atom stereocenters. The number of aromatic nitrogens is 4. The number of anilines is 4. The van der Waals surface area contributed by atoms with Crippen LogP contribution in [0.15, 0.2) is 199 Å². The predicted molar refractivity (Wildman–Crippen MR) is 611 cm³/mol. The van der Waals surface area contributed by atoms with Gasteiger partial charge in [-0.1, -0.05) is 151 Å². The molecule has 0 unspecified atom stereocenters. The Morgan fingerprint density at radius 1 is 0.432 bits per heavy atom. The zero-order valence-corrected chi connectivity index (χ0v) is 91.5. The standard InChI is InChI=1S/C21H22N2O3S.C19H25ClN8O2S.C18H17NO3.C13H20N2OS.C10H15NO.C8H4O3.C7H9ClN6OS.C3H6ClNS.CH5N.CH4O.CH4.BrH/c1-22(2)21(27)26-16-12-10-15(11-13-16)7-5-6-14-23-19(24)17-8-3-4-9-18(17)20(23)25;1-28(2)19(31)30-12-8-6-11(7-9-12)5-3-4-10-24-18(23)27-17(29)13-15(21)26-16(22)14(20)25-13;20-14-10-8-13(9-11-14)5-3-4-12-19-17(21)15-6-1-2-7-16(15)18(19)22;1-15(2)13(17)16-12-8-6-11(7-9-12)5-3-4-10-14;11-8-2-1-3-9-4-6-10(12)7-5-9;9-7-5-3-1-2-4-6(5)8(10)11-7;1-16-7(11)14-6(15)2-4(9)13-5(10)3(8)12-2;1-5(2)3(4)6;2*1-2;;/h3-4,8-13H,5-7,14H2,1-2H3;6-9H,3-5,10H2,1-2H3,(H4,21,22,26)(H3,23,24,27,29);1-2,6-11,20H,3-5,12H2;6-9H,3-5,10,14H2,1-2H3;4-7,12H,1-3,8,11H2;1-4H;1H3,(H4,9,10,13)(H2,11,14,15);1-2H3;2H2,1H3;2H,1H3;1H4;1H. The average molecular weight is 2250 g/mol. The van der Waals surface area contributed by atoms with Crippen LogP contribution in [0, 0.1) is 5.41 Å². The van der Waals surface area contributed by atoms with Crippen molar-refractivity contribution < 1.29 is 72.6 Å². The number of carbonyl (C=O) groups excluding carboxylic acids is 8. The van der Waals surface area contributed by atoms with Crippen LogP contribution < -0.4 is 70.7 Å². The lowest BCUT2D eigenvalue weighted by molar-refractivity contribution is 0.0440. The SMILES string of the molecule is Br.C.CN.CN(C)C(=S)Cl.CN(C)C(=S)Oc1ccc(CCCCN)cc1.CN(C)C(=S)Oc1ccc(CCCCN2C(=O)c3ccccc3C2=O)cc1.CN(C)C(=S)Oc1ccc(CCCCN=C(N)NC(=O)c2nc(Cl)c(N)nc2N)cc1.CO.CSC(=N)NC(=O)c1nc(Cl)c(N)nc1N.NCCCCc1ccc(O)cc1.O=C1OC(=O)c2ccccc21.O=C1c2ccccc2C(=O)N1CCCCc1ccc(O)cc1. The molecule has 3 aliphatic rings. The van der Waals surface area contributed by atoms with Crippen molar-refractivity contribution in [1.29, 1.82) is 5.41 Å². The van der Waals surface area contributed by atoms with Gasteiger partial charge in [0.2, 0.25) is 0 Å². The summed E-state index contributed by atoms with van der Waals surface area (Å²) in [7, 11) is 17.2. The van der Waals surface area contributed by atoms with Crippen molar-refractivity contribution in [2.75, 3.05) is 132 Å². The number of aliphatic hydroxyl groups is 1. The number of amides is 6. The number of hydrogen-bond donors (Lipinski definition) is 14. The summed E-state index contributed by atoms with van der Waals surface area (Å²) >= 11 is 37.5. The number of phenols is 2. The number of aliphatic hydroxyl groups excluding tert-OH is 1. The maximum absolute atomic E-state index is 12.3. The highest BCUT2D eigenvalue weighted by Gasteiger charge is 2.36. The molecule has 0 saturated carbocycles. The van der Waals surface area contributed by atoms with Gasteiger partial charge >= 0.3 is 11.9 Å². The summed E-state index contributed by atoms with van der Waals surface area (Å²) in [6.45, 7) is 2.87. The van der Waals surface area contributed by atoms with Crippen molar-refractivity contribution in [2.24, 2.45) is 27.9 Å². The lowest BCUT2D eigenvalue weighted by Crippen LogP contribution is -2.38. The number of halogens is 4. The molecule has 8 aromatic carbocycles. The highest BCUT2D eigenvalue weighted by Crippen LogP contribution is 2.28. The van der Waals surface area contributed by atoms with Gasteiger partial charge in [0, 0.05) is 83.1 Å². The fourth-order valence-electron chi connectivity index (χ4n) is 12.4. The van der Waals surface area contributed by atoms with Crippen molar-refractivity contribution in [3.8, 4) is 28.7 Å². The number of ether oxygens (including phenoxy) is 4. The fourth-order valence-corrected chi connectivity index (χ4v) is 13.2. The Bertz CT molecular complexity index is 5910. The van der Waals surface area contributed by atoms with Crippen LogP contribution in [-0.4, -0.2) is 253 Å². The minimum atomic E-state index is -0.663. The first-order valence-corrected chi connectivity index (χ1v) is 49.4. The molecule has 0 bridgehead atoms. The number of aromatic hydroxyl groups is 2. The van der Waals surface area contributed by atoms with E-state index in [-0.39, 0.29) is 110 Å². The largest absolute Gasteiger partial charge is 0.508 e. The molecule has 0 spiro atoms. The van der Waals surface area contributed by atoms with Gasteiger partial charge in [0.05, 0.1) is 33.4 Å². The molecule has 148 heavy (non-hydrogen) atoms. The number of phenolic OH excluding ortho intramolecular Hbond substituents is 2. The number of benzene rings is 8. The summed E-state index contributed by atoms with van der Waals surface area (Å²) in [6.07, 6.45) is 15.8. The molecule has 22 N–H and O–H groups in total. The number of cyclic esters (lactones) is 2. The van der Waals surface area contributed by atoms with Crippen LogP contribution in [0.1, 0.15) is 183 Å². The Balaban J connectivity index is 0.000000586. The van der Waals surface area contributed by atoms with Crippen molar-refractivity contribution in [2.45, 2.75) is 104 Å². The van der Waals surface area contributed by atoms with E-state index in [2.05, 4.69) is 70.4 Å².